The first-order valence-corrected chi connectivity index (χ1v) is 8.90. The summed E-state index contributed by atoms with van der Waals surface area (Å²) < 4.78 is 11.3. The van der Waals surface area contributed by atoms with Gasteiger partial charge in [-0.05, 0) is 55.5 Å². The van der Waals surface area contributed by atoms with Gasteiger partial charge in [0.2, 0.25) is 5.91 Å². The Morgan fingerprint density at radius 3 is 2.26 bits per heavy atom. The van der Waals surface area contributed by atoms with Crippen molar-refractivity contribution in [2.45, 2.75) is 13.3 Å². The lowest BCUT2D eigenvalue weighted by Crippen LogP contribution is -2.26. The van der Waals surface area contributed by atoms with Crippen molar-refractivity contribution in [3.63, 3.8) is 0 Å². The van der Waals surface area contributed by atoms with Gasteiger partial charge in [0, 0.05) is 15.9 Å². The third kappa shape index (κ3) is 7.49. The van der Waals surface area contributed by atoms with Gasteiger partial charge in [-0.1, -0.05) is 15.9 Å². The van der Waals surface area contributed by atoms with Crippen molar-refractivity contribution in [3.05, 3.63) is 53.0 Å². The standard InChI is InChI=1S/C19H20BrN3O4/c1-13(11-18(24)21-15-5-3-14(20)4-6-15)22-23-19(25)12-27-17-9-7-16(26-2)8-10-17/h3-10H,11-12H2,1-2H3,(H,21,24)(H,23,25)/b22-13+. The van der Waals surface area contributed by atoms with Gasteiger partial charge in [0.25, 0.3) is 5.91 Å². The van der Waals surface area contributed by atoms with Crippen LogP contribution in [0, 0.1) is 0 Å². The lowest BCUT2D eigenvalue weighted by atomic mass is 10.2. The molecule has 0 unspecified atom stereocenters. The number of benzene rings is 2. The van der Waals surface area contributed by atoms with Gasteiger partial charge in [-0.15, -0.1) is 0 Å². The third-order valence-electron chi connectivity index (χ3n) is 3.35. The molecule has 0 atom stereocenters. The number of hydrogen-bond donors (Lipinski definition) is 2. The summed E-state index contributed by atoms with van der Waals surface area (Å²) >= 11 is 3.33. The van der Waals surface area contributed by atoms with Crippen LogP contribution in [0.25, 0.3) is 0 Å². The van der Waals surface area contributed by atoms with Crippen molar-refractivity contribution in [3.8, 4) is 11.5 Å². The van der Waals surface area contributed by atoms with Gasteiger partial charge in [-0.2, -0.15) is 5.10 Å². The van der Waals surface area contributed by atoms with Crippen LogP contribution < -0.4 is 20.2 Å². The number of halogens is 1. The van der Waals surface area contributed by atoms with Crippen molar-refractivity contribution in [2.24, 2.45) is 5.10 Å². The summed E-state index contributed by atoms with van der Waals surface area (Å²) in [5.41, 5.74) is 3.53. The van der Waals surface area contributed by atoms with Crippen LogP contribution in [0.2, 0.25) is 0 Å². The molecule has 0 aliphatic rings. The first kappa shape index (κ1) is 20.4. The summed E-state index contributed by atoms with van der Waals surface area (Å²) in [6.45, 7) is 1.47. The van der Waals surface area contributed by atoms with Gasteiger partial charge in [0.05, 0.1) is 13.5 Å². The summed E-state index contributed by atoms with van der Waals surface area (Å²) in [5.74, 6) is 0.606. The molecule has 0 aliphatic carbocycles. The van der Waals surface area contributed by atoms with Gasteiger partial charge >= 0.3 is 0 Å². The van der Waals surface area contributed by atoms with Crippen molar-refractivity contribution < 1.29 is 19.1 Å². The first-order chi connectivity index (χ1) is 13.0. The second-order valence-corrected chi connectivity index (χ2v) is 6.49. The van der Waals surface area contributed by atoms with E-state index in [-0.39, 0.29) is 18.9 Å². The summed E-state index contributed by atoms with van der Waals surface area (Å²) in [4.78, 5) is 23.7. The van der Waals surface area contributed by atoms with Gasteiger partial charge in [0.1, 0.15) is 11.5 Å². The fraction of sp³-hybridized carbons (Fsp3) is 0.211. The molecule has 0 fully saturated rings. The number of methoxy groups -OCH3 is 1. The van der Waals surface area contributed by atoms with E-state index in [1.165, 1.54) is 0 Å². The zero-order chi connectivity index (χ0) is 19.6. The number of carbonyl (C=O) groups is 2. The second kappa shape index (κ2) is 10.3. The van der Waals surface area contributed by atoms with E-state index in [0.717, 1.165) is 4.47 Å². The van der Waals surface area contributed by atoms with Crippen LogP contribution in [0.3, 0.4) is 0 Å². The monoisotopic (exact) mass is 433 g/mol. The maximum absolute atomic E-state index is 12.0. The largest absolute Gasteiger partial charge is 0.497 e. The van der Waals surface area contributed by atoms with Crippen LogP contribution in [-0.2, 0) is 9.59 Å². The zero-order valence-corrected chi connectivity index (χ0v) is 16.6. The predicted molar refractivity (Wildman–Crippen MR) is 107 cm³/mol. The van der Waals surface area contributed by atoms with E-state index < -0.39 is 5.91 Å². The number of hydrogen-bond acceptors (Lipinski definition) is 5. The highest BCUT2D eigenvalue weighted by molar-refractivity contribution is 9.10. The van der Waals surface area contributed by atoms with Gasteiger partial charge in [0.15, 0.2) is 6.61 Å². The highest BCUT2D eigenvalue weighted by Crippen LogP contribution is 2.17. The molecule has 2 aromatic carbocycles. The van der Waals surface area contributed by atoms with E-state index in [2.05, 4.69) is 31.8 Å². The summed E-state index contributed by atoms with van der Waals surface area (Å²) in [5, 5.41) is 6.66. The molecular weight excluding hydrogens is 414 g/mol. The Hall–Kier alpha value is -2.87. The number of carbonyl (C=O) groups excluding carboxylic acids is 2. The number of amides is 2. The normalized spacial score (nSPS) is 10.9. The molecule has 142 valence electrons. The van der Waals surface area contributed by atoms with E-state index in [1.54, 1.807) is 50.4 Å². The van der Waals surface area contributed by atoms with Gasteiger partial charge in [-0.25, -0.2) is 5.43 Å². The molecule has 0 saturated heterocycles. The zero-order valence-electron chi connectivity index (χ0n) is 15.0. The van der Waals surface area contributed by atoms with Crippen LogP contribution in [0.1, 0.15) is 13.3 Å². The number of hydrazone groups is 1. The fourth-order valence-electron chi connectivity index (χ4n) is 2.02. The van der Waals surface area contributed by atoms with Gasteiger partial charge < -0.3 is 14.8 Å². The van der Waals surface area contributed by atoms with E-state index in [9.17, 15) is 9.59 Å². The second-order valence-electron chi connectivity index (χ2n) is 5.58. The third-order valence-corrected chi connectivity index (χ3v) is 3.87. The van der Waals surface area contributed by atoms with Crippen LogP contribution in [-0.4, -0.2) is 31.2 Å². The molecule has 0 bridgehead atoms. The molecule has 0 radical (unpaired) electrons. The Balaban J connectivity index is 1.73. The molecule has 2 N–H and O–H groups in total. The van der Waals surface area contributed by atoms with E-state index in [1.807, 2.05) is 12.1 Å². The van der Waals surface area contributed by atoms with Crippen LogP contribution >= 0.6 is 15.9 Å². The highest BCUT2D eigenvalue weighted by atomic mass is 79.9. The quantitative estimate of drug-likeness (QED) is 0.493. The van der Waals surface area contributed by atoms with E-state index >= 15 is 0 Å². The Bertz CT molecular complexity index is 805. The lowest BCUT2D eigenvalue weighted by Gasteiger charge is -2.07. The average Bonchev–Trinajstić information content (AvgIpc) is 2.67. The number of nitrogens with zero attached hydrogens (tertiary/aromatic N) is 1. The topological polar surface area (TPSA) is 89.0 Å². The molecule has 0 aromatic heterocycles. The molecule has 7 nitrogen and oxygen atoms in total. The maximum atomic E-state index is 12.0. The Labute approximate surface area is 165 Å². The summed E-state index contributed by atoms with van der Waals surface area (Å²) in [7, 11) is 1.57. The molecule has 0 heterocycles. The van der Waals surface area contributed by atoms with E-state index in [4.69, 9.17) is 9.47 Å². The summed E-state index contributed by atoms with van der Waals surface area (Å²) in [6, 6.07) is 14.1. The molecule has 2 aromatic rings. The molecule has 0 saturated carbocycles. The number of anilines is 1. The van der Waals surface area contributed by atoms with Crippen LogP contribution in [0.15, 0.2) is 58.1 Å². The highest BCUT2D eigenvalue weighted by Gasteiger charge is 2.06. The number of ether oxygens (including phenoxy) is 2. The molecule has 8 heteroatoms. The van der Waals surface area contributed by atoms with Gasteiger partial charge in [-0.3, -0.25) is 9.59 Å². The Kier molecular flexibility index (Phi) is 7.81. The molecule has 0 aliphatic heterocycles. The fourth-order valence-corrected chi connectivity index (χ4v) is 2.29. The Morgan fingerprint density at radius 2 is 1.63 bits per heavy atom. The maximum Gasteiger partial charge on any atom is 0.277 e. The van der Waals surface area contributed by atoms with E-state index in [0.29, 0.717) is 22.9 Å². The number of rotatable bonds is 8. The average molecular weight is 434 g/mol. The SMILES string of the molecule is COc1ccc(OCC(=O)N/N=C(\C)CC(=O)Nc2ccc(Br)cc2)cc1. The van der Waals surface area contributed by atoms with Crippen molar-refractivity contribution in [2.75, 3.05) is 19.0 Å². The smallest absolute Gasteiger partial charge is 0.277 e. The van der Waals surface area contributed by atoms with Crippen molar-refractivity contribution in [1.29, 1.82) is 0 Å². The minimum atomic E-state index is -0.418. The van der Waals surface area contributed by atoms with Crippen molar-refractivity contribution in [1.82, 2.24) is 5.43 Å². The molecule has 0 spiro atoms. The first-order valence-electron chi connectivity index (χ1n) is 8.10. The minimum Gasteiger partial charge on any atom is -0.497 e. The molecule has 2 amide bonds. The van der Waals surface area contributed by atoms with Crippen LogP contribution in [0.5, 0.6) is 11.5 Å². The van der Waals surface area contributed by atoms with Crippen molar-refractivity contribution >= 4 is 39.1 Å². The Morgan fingerprint density at radius 1 is 1.00 bits per heavy atom. The lowest BCUT2D eigenvalue weighted by molar-refractivity contribution is -0.123. The van der Waals surface area contributed by atoms with Crippen LogP contribution in [0.4, 0.5) is 5.69 Å². The minimum absolute atomic E-state index is 0.0652. The summed E-state index contributed by atoms with van der Waals surface area (Å²) in [6.07, 6.45) is 0.0652. The molecule has 2 rings (SSSR count). The number of nitrogens with one attached hydrogen (secondary N) is 2. The molecular formula is C19H20BrN3O4. The predicted octanol–water partition coefficient (Wildman–Crippen LogP) is 3.36. The molecule has 27 heavy (non-hydrogen) atoms.